The third kappa shape index (κ3) is 5.61. The number of imidazole rings is 1. The van der Waals surface area contributed by atoms with Gasteiger partial charge in [0.1, 0.15) is 6.16 Å². The van der Waals surface area contributed by atoms with Gasteiger partial charge in [-0.05, 0) is 6.42 Å². The Labute approximate surface area is 169 Å². The van der Waals surface area contributed by atoms with Crippen molar-refractivity contribution in [2.24, 2.45) is 0 Å². The van der Waals surface area contributed by atoms with Crippen molar-refractivity contribution < 1.29 is 38.2 Å². The number of nitrogens with one attached hydrogen (secondary N) is 1. The minimum atomic E-state index is -4.56. The van der Waals surface area contributed by atoms with Crippen LogP contribution in [0, 0.1) is 0 Å². The first-order chi connectivity index (χ1) is 13.9. The lowest BCUT2D eigenvalue weighted by Crippen LogP contribution is -2.32. The Balaban J connectivity index is 1.81. The number of likely N-dealkylation sites (tertiary alicyclic amines) is 1. The Kier molecular flexibility index (Phi) is 6.58. The lowest BCUT2D eigenvalue weighted by molar-refractivity contribution is -0.128. The Morgan fingerprint density at radius 3 is 2.60 bits per heavy atom. The number of carbonyl (C=O) groups is 1. The molecule has 1 unspecified atom stereocenters. The molecule has 0 bridgehead atoms. The van der Waals surface area contributed by atoms with E-state index in [-0.39, 0.29) is 43.4 Å². The fourth-order valence-corrected chi connectivity index (χ4v) is 4.37. The molecular weight excluding hydrogens is 444 g/mol. The molecule has 0 saturated carbocycles. The van der Waals surface area contributed by atoms with Crippen LogP contribution in [-0.4, -0.2) is 88.0 Å². The predicted octanol–water partition coefficient (Wildman–Crippen LogP) is -1.37. The molecule has 2 aromatic rings. The van der Waals surface area contributed by atoms with Crippen molar-refractivity contribution in [1.82, 2.24) is 24.4 Å². The summed E-state index contributed by atoms with van der Waals surface area (Å²) in [4.78, 5) is 72.0. The van der Waals surface area contributed by atoms with Gasteiger partial charge in [0.15, 0.2) is 11.2 Å². The van der Waals surface area contributed by atoms with E-state index in [1.807, 2.05) is 0 Å². The van der Waals surface area contributed by atoms with E-state index >= 15 is 0 Å². The van der Waals surface area contributed by atoms with Gasteiger partial charge >= 0.3 is 15.2 Å². The monoisotopic (exact) mass is 465 g/mol. The van der Waals surface area contributed by atoms with Gasteiger partial charge in [-0.2, -0.15) is 0 Å². The van der Waals surface area contributed by atoms with E-state index in [1.165, 1.54) is 17.6 Å². The molecule has 5 N–H and O–H groups in total. The Hall–Kier alpha value is -1.92. The molecule has 2 aromatic heterocycles. The summed E-state index contributed by atoms with van der Waals surface area (Å²) in [6.07, 6.45) is 0.655. The molecule has 14 nitrogen and oxygen atoms in total. The molecule has 0 aromatic carbocycles. The second-order valence-corrected chi connectivity index (χ2v) is 10.3. The predicted molar refractivity (Wildman–Crippen MR) is 102 cm³/mol. The van der Waals surface area contributed by atoms with Crippen LogP contribution in [0.4, 0.5) is 0 Å². The van der Waals surface area contributed by atoms with Crippen molar-refractivity contribution in [2.75, 3.05) is 32.0 Å². The third-order valence-corrected chi connectivity index (χ3v) is 6.16. The minimum Gasteiger partial charge on any atom is -0.374 e. The van der Waals surface area contributed by atoms with Gasteiger partial charge in [0.2, 0.25) is 5.91 Å². The van der Waals surface area contributed by atoms with E-state index in [4.69, 9.17) is 24.3 Å². The molecule has 0 radical (unpaired) electrons. The number of amides is 1. The molecule has 0 aliphatic carbocycles. The second kappa shape index (κ2) is 8.67. The molecule has 3 rings (SSSR count). The lowest BCUT2D eigenvalue weighted by Gasteiger charge is -2.20. The van der Waals surface area contributed by atoms with Gasteiger partial charge in [0, 0.05) is 19.7 Å². The van der Waals surface area contributed by atoms with Crippen LogP contribution in [0.5, 0.6) is 0 Å². The molecule has 1 amide bonds. The van der Waals surface area contributed by atoms with Crippen LogP contribution in [0.3, 0.4) is 0 Å². The third-order valence-electron chi connectivity index (χ3n) is 4.58. The standard InChI is InChI=1S/C14H21N5O9P2/c20-11(6-30(25,26)27)18-4-9(10(5-18)28-2-1-3-29(22,23)24)19-8-17-12-13(19)15-7-16-14(12)21/h7-10H,1-6H2,(H,15,16,21)(H2,22,23,24)(H2,25,26,27)/t9?,10-/m1/s1. The summed E-state index contributed by atoms with van der Waals surface area (Å²) >= 11 is 0. The zero-order valence-corrected chi connectivity index (χ0v) is 17.4. The van der Waals surface area contributed by atoms with Crippen LogP contribution in [0.25, 0.3) is 11.2 Å². The van der Waals surface area contributed by atoms with Gasteiger partial charge in [-0.3, -0.25) is 18.7 Å². The lowest BCUT2D eigenvalue weighted by atomic mass is 10.2. The number of carbonyl (C=O) groups excluding carboxylic acids is 1. The van der Waals surface area contributed by atoms with Gasteiger partial charge in [-0.25, -0.2) is 9.97 Å². The van der Waals surface area contributed by atoms with E-state index in [9.17, 15) is 18.7 Å². The van der Waals surface area contributed by atoms with Crippen LogP contribution in [0.2, 0.25) is 0 Å². The van der Waals surface area contributed by atoms with E-state index in [2.05, 4.69) is 15.0 Å². The van der Waals surface area contributed by atoms with E-state index < -0.39 is 45.0 Å². The number of H-pyrrole nitrogens is 1. The molecule has 30 heavy (non-hydrogen) atoms. The van der Waals surface area contributed by atoms with E-state index in [0.29, 0.717) is 0 Å². The summed E-state index contributed by atoms with van der Waals surface area (Å²) in [6.45, 7) is 0.0254. The highest BCUT2D eigenvalue weighted by Gasteiger charge is 2.39. The molecule has 2 atom stereocenters. The summed E-state index contributed by atoms with van der Waals surface area (Å²) < 4.78 is 29.5. The van der Waals surface area contributed by atoms with Gasteiger partial charge in [0.05, 0.1) is 31.0 Å². The quantitative estimate of drug-likeness (QED) is 0.227. The van der Waals surface area contributed by atoms with Gasteiger partial charge < -0.3 is 38.8 Å². The Bertz CT molecular complexity index is 1070. The van der Waals surface area contributed by atoms with Gasteiger partial charge in [0.25, 0.3) is 5.56 Å². The van der Waals surface area contributed by atoms with E-state index in [0.717, 1.165) is 0 Å². The smallest absolute Gasteiger partial charge is 0.334 e. The first-order valence-corrected chi connectivity index (χ1v) is 12.4. The average Bonchev–Trinajstić information content (AvgIpc) is 3.21. The Morgan fingerprint density at radius 2 is 1.93 bits per heavy atom. The van der Waals surface area contributed by atoms with Crippen molar-refractivity contribution in [3.05, 3.63) is 23.0 Å². The maximum Gasteiger partial charge on any atom is 0.334 e. The number of aromatic nitrogens is 4. The van der Waals surface area contributed by atoms with Gasteiger partial charge in [-0.15, -0.1) is 0 Å². The molecular formula is C14H21N5O9P2. The number of ether oxygens (including phenoxy) is 1. The van der Waals surface area contributed by atoms with Crippen molar-refractivity contribution in [2.45, 2.75) is 18.6 Å². The number of aromatic amines is 1. The SMILES string of the molecule is O=C(CP(=O)(O)O)N1CC(n2cnc3c(=O)[nH]cnc32)[C@H](OCCCP(=O)(O)O)C1. The van der Waals surface area contributed by atoms with Crippen molar-refractivity contribution in [3.63, 3.8) is 0 Å². The summed E-state index contributed by atoms with van der Waals surface area (Å²) in [7, 11) is -8.73. The van der Waals surface area contributed by atoms with Crippen LogP contribution < -0.4 is 5.56 Å². The van der Waals surface area contributed by atoms with Crippen LogP contribution >= 0.6 is 15.2 Å². The highest BCUT2D eigenvalue weighted by Crippen LogP contribution is 2.37. The zero-order valence-electron chi connectivity index (χ0n) is 15.6. The molecule has 1 fully saturated rings. The number of rotatable bonds is 8. The zero-order chi connectivity index (χ0) is 22.1. The molecule has 16 heteroatoms. The average molecular weight is 465 g/mol. The maximum atomic E-state index is 12.3. The summed E-state index contributed by atoms with van der Waals surface area (Å²) in [5, 5.41) is 0. The van der Waals surface area contributed by atoms with Crippen molar-refractivity contribution in [1.29, 1.82) is 0 Å². The van der Waals surface area contributed by atoms with Crippen LogP contribution in [-0.2, 0) is 18.7 Å². The first kappa shape index (κ1) is 22.8. The number of fused-ring (bicyclic) bond motifs is 1. The number of hydrogen-bond acceptors (Lipinski definition) is 7. The fraction of sp³-hybridized carbons (Fsp3) is 0.571. The first-order valence-electron chi connectivity index (χ1n) is 8.83. The highest BCUT2D eigenvalue weighted by atomic mass is 31.2. The van der Waals surface area contributed by atoms with Crippen molar-refractivity contribution in [3.8, 4) is 0 Å². The van der Waals surface area contributed by atoms with Crippen LogP contribution in [0.1, 0.15) is 12.5 Å². The fourth-order valence-electron chi connectivity index (χ4n) is 3.28. The molecule has 1 aliphatic heterocycles. The summed E-state index contributed by atoms with van der Waals surface area (Å²) in [6, 6.07) is -0.569. The van der Waals surface area contributed by atoms with E-state index in [1.54, 1.807) is 4.57 Å². The molecule has 1 saturated heterocycles. The van der Waals surface area contributed by atoms with Crippen molar-refractivity contribution >= 4 is 32.3 Å². The summed E-state index contributed by atoms with van der Waals surface area (Å²) in [5.41, 5.74) is -0.125. The minimum absolute atomic E-state index is 0.00226. The normalized spacial score (nSPS) is 20.2. The molecule has 0 spiro atoms. The largest absolute Gasteiger partial charge is 0.374 e. The highest BCUT2D eigenvalue weighted by molar-refractivity contribution is 7.52. The molecule has 3 heterocycles. The number of nitrogens with zero attached hydrogens (tertiary/aromatic N) is 4. The Morgan fingerprint density at radius 1 is 1.20 bits per heavy atom. The van der Waals surface area contributed by atoms with Crippen LogP contribution in [0.15, 0.2) is 17.4 Å². The summed E-state index contributed by atoms with van der Waals surface area (Å²) in [5.74, 6) is -0.759. The maximum absolute atomic E-state index is 12.3. The van der Waals surface area contributed by atoms with Gasteiger partial charge in [-0.1, -0.05) is 0 Å². The molecule has 166 valence electrons. The number of hydrogen-bond donors (Lipinski definition) is 5. The molecule has 1 aliphatic rings. The topological polar surface area (TPSA) is 208 Å². The second-order valence-electron chi connectivity index (χ2n) is 6.90.